The highest BCUT2D eigenvalue weighted by Gasteiger charge is 2.19. The number of nitrogens with two attached hydrogens (primary N) is 1. The van der Waals surface area contributed by atoms with Crippen LogP contribution in [0.15, 0.2) is 0 Å². The molecular formula is C9H18N2O2. The van der Waals surface area contributed by atoms with Crippen molar-refractivity contribution in [2.45, 2.75) is 39.2 Å². The minimum absolute atomic E-state index is 0.463. The Bertz CT molecular complexity index is 180. The van der Waals surface area contributed by atoms with Crippen LogP contribution in [-0.4, -0.2) is 24.3 Å². The van der Waals surface area contributed by atoms with Gasteiger partial charge in [0.05, 0.1) is 6.04 Å². The minimum Gasteiger partial charge on any atom is -0.350 e. The predicted molar refractivity (Wildman–Crippen MR) is 51.2 cm³/mol. The Hall–Kier alpha value is -0.900. The summed E-state index contributed by atoms with van der Waals surface area (Å²) in [5.74, 6) is -1.07. The number of hydrogen-bond donors (Lipinski definition) is 2. The van der Waals surface area contributed by atoms with Gasteiger partial charge >= 0.3 is 0 Å². The molecule has 0 aromatic heterocycles. The van der Waals surface area contributed by atoms with Gasteiger partial charge in [-0.05, 0) is 13.3 Å². The third-order valence-corrected chi connectivity index (χ3v) is 1.77. The summed E-state index contributed by atoms with van der Waals surface area (Å²) in [4.78, 5) is 22.2. The molecule has 0 heterocycles. The molecule has 0 radical (unpaired) electrons. The van der Waals surface area contributed by atoms with Gasteiger partial charge < -0.3 is 11.1 Å². The number of amides is 1. The van der Waals surface area contributed by atoms with Crippen LogP contribution in [0.4, 0.5) is 0 Å². The van der Waals surface area contributed by atoms with Crippen LogP contribution >= 0.6 is 0 Å². The first-order chi connectivity index (χ1) is 6.13. The molecular weight excluding hydrogens is 168 g/mol. The molecule has 0 fully saturated rings. The van der Waals surface area contributed by atoms with Crippen molar-refractivity contribution >= 4 is 11.7 Å². The monoisotopic (exact) mass is 186 g/mol. The van der Waals surface area contributed by atoms with E-state index in [2.05, 4.69) is 5.32 Å². The quantitative estimate of drug-likeness (QED) is 0.582. The fourth-order valence-corrected chi connectivity index (χ4v) is 0.971. The fourth-order valence-electron chi connectivity index (χ4n) is 0.971. The van der Waals surface area contributed by atoms with E-state index >= 15 is 0 Å². The van der Waals surface area contributed by atoms with E-state index in [-0.39, 0.29) is 0 Å². The second-order valence-electron chi connectivity index (χ2n) is 2.97. The van der Waals surface area contributed by atoms with Crippen LogP contribution in [0.3, 0.4) is 0 Å². The predicted octanol–water partition coefficient (Wildman–Crippen LogP) is 0.209. The molecule has 13 heavy (non-hydrogen) atoms. The lowest BCUT2D eigenvalue weighted by molar-refractivity contribution is -0.138. The van der Waals surface area contributed by atoms with Gasteiger partial charge in [0.15, 0.2) is 0 Å². The van der Waals surface area contributed by atoms with Crippen molar-refractivity contribution in [2.24, 2.45) is 5.73 Å². The smallest absolute Gasteiger partial charge is 0.289 e. The Morgan fingerprint density at radius 3 is 2.46 bits per heavy atom. The maximum atomic E-state index is 11.2. The summed E-state index contributed by atoms with van der Waals surface area (Å²) in [7, 11) is 0. The third kappa shape index (κ3) is 4.62. The molecule has 0 aromatic rings. The van der Waals surface area contributed by atoms with Gasteiger partial charge in [0.25, 0.3) is 5.91 Å². The lowest BCUT2D eigenvalue weighted by Crippen LogP contribution is -2.42. The Morgan fingerprint density at radius 1 is 1.38 bits per heavy atom. The summed E-state index contributed by atoms with van der Waals surface area (Å²) >= 11 is 0. The van der Waals surface area contributed by atoms with Gasteiger partial charge in [-0.25, -0.2) is 0 Å². The highest BCUT2D eigenvalue weighted by molar-refractivity contribution is 6.38. The first-order valence-electron chi connectivity index (χ1n) is 4.71. The molecule has 0 aliphatic heterocycles. The number of hydrogen-bond acceptors (Lipinski definition) is 3. The number of ketones is 1. The van der Waals surface area contributed by atoms with Gasteiger partial charge in [0.1, 0.15) is 0 Å². The number of rotatable bonds is 6. The van der Waals surface area contributed by atoms with Crippen LogP contribution in [0, 0.1) is 0 Å². The summed E-state index contributed by atoms with van der Waals surface area (Å²) in [5, 5.41) is 2.43. The maximum absolute atomic E-state index is 11.2. The summed E-state index contributed by atoms with van der Waals surface area (Å²) in [6.45, 7) is 4.25. The van der Waals surface area contributed by atoms with Gasteiger partial charge in [-0.15, -0.1) is 0 Å². The number of nitrogens with one attached hydrogen (secondary N) is 1. The Morgan fingerprint density at radius 2 is 2.00 bits per heavy atom. The molecule has 0 aliphatic carbocycles. The van der Waals surface area contributed by atoms with E-state index in [0.29, 0.717) is 13.0 Å². The zero-order valence-corrected chi connectivity index (χ0v) is 8.30. The molecule has 0 rings (SSSR count). The van der Waals surface area contributed by atoms with Crippen LogP contribution in [-0.2, 0) is 9.59 Å². The average Bonchev–Trinajstić information content (AvgIpc) is 2.13. The molecule has 0 aromatic carbocycles. The van der Waals surface area contributed by atoms with Crippen LogP contribution in [0.2, 0.25) is 0 Å². The van der Waals surface area contributed by atoms with Crippen LogP contribution < -0.4 is 11.1 Å². The van der Waals surface area contributed by atoms with Gasteiger partial charge in [-0.2, -0.15) is 0 Å². The maximum Gasteiger partial charge on any atom is 0.289 e. The second-order valence-corrected chi connectivity index (χ2v) is 2.97. The van der Waals surface area contributed by atoms with E-state index in [1.165, 1.54) is 0 Å². The molecule has 76 valence electrons. The van der Waals surface area contributed by atoms with Crippen molar-refractivity contribution in [1.82, 2.24) is 5.32 Å². The number of unbranched alkanes of at least 4 members (excludes halogenated alkanes) is 1. The molecule has 0 saturated carbocycles. The van der Waals surface area contributed by atoms with Crippen molar-refractivity contribution in [3.05, 3.63) is 0 Å². The lowest BCUT2D eigenvalue weighted by atomic mass is 10.1. The fraction of sp³-hybridized carbons (Fsp3) is 0.778. The van der Waals surface area contributed by atoms with Gasteiger partial charge in [-0.3, -0.25) is 9.59 Å². The van der Waals surface area contributed by atoms with E-state index in [0.717, 1.165) is 12.8 Å². The molecule has 0 saturated heterocycles. The van der Waals surface area contributed by atoms with Crippen LogP contribution in [0.5, 0.6) is 0 Å². The zero-order valence-electron chi connectivity index (χ0n) is 8.30. The van der Waals surface area contributed by atoms with Gasteiger partial charge in [0, 0.05) is 6.54 Å². The van der Waals surface area contributed by atoms with Gasteiger partial charge in [-0.1, -0.05) is 19.8 Å². The molecule has 1 amide bonds. The molecule has 0 spiro atoms. The highest BCUT2D eigenvalue weighted by atomic mass is 16.2. The zero-order chi connectivity index (χ0) is 10.3. The Kier molecular flexibility index (Phi) is 6.14. The third-order valence-electron chi connectivity index (χ3n) is 1.77. The van der Waals surface area contributed by atoms with Crippen LogP contribution in [0.25, 0.3) is 0 Å². The summed E-state index contributed by atoms with van der Waals surface area (Å²) in [6, 6.07) is -0.633. The Balaban J connectivity index is 3.87. The molecule has 3 N–H and O–H groups in total. The molecule has 0 aliphatic rings. The number of Topliss-reactive ketones (excluding diaryl/α,β-unsaturated/α-hetero) is 1. The number of likely N-dealkylation sites (N-methyl/N-ethyl adjacent to an activating group) is 1. The van der Waals surface area contributed by atoms with Crippen molar-refractivity contribution in [1.29, 1.82) is 0 Å². The van der Waals surface area contributed by atoms with Crippen molar-refractivity contribution in [2.75, 3.05) is 6.54 Å². The van der Waals surface area contributed by atoms with Gasteiger partial charge in [0.2, 0.25) is 5.78 Å². The first kappa shape index (κ1) is 12.1. The van der Waals surface area contributed by atoms with E-state index < -0.39 is 17.7 Å². The minimum atomic E-state index is -0.633. The number of carbonyl (C=O) groups excluding carboxylic acids is 2. The normalized spacial score (nSPS) is 12.2. The topological polar surface area (TPSA) is 72.2 Å². The molecule has 1 unspecified atom stereocenters. The SMILES string of the molecule is CCCCC(N)C(=O)C(=O)NCC. The van der Waals surface area contributed by atoms with Crippen molar-refractivity contribution in [3.8, 4) is 0 Å². The van der Waals surface area contributed by atoms with E-state index in [1.807, 2.05) is 6.92 Å². The average molecular weight is 186 g/mol. The first-order valence-corrected chi connectivity index (χ1v) is 4.71. The largest absolute Gasteiger partial charge is 0.350 e. The highest BCUT2D eigenvalue weighted by Crippen LogP contribution is 1.98. The van der Waals surface area contributed by atoms with Crippen molar-refractivity contribution in [3.63, 3.8) is 0 Å². The summed E-state index contributed by atoms with van der Waals surface area (Å²) in [5.41, 5.74) is 5.52. The number of carbonyl (C=O) groups is 2. The van der Waals surface area contributed by atoms with E-state index in [9.17, 15) is 9.59 Å². The molecule has 4 heteroatoms. The van der Waals surface area contributed by atoms with E-state index in [1.54, 1.807) is 6.92 Å². The van der Waals surface area contributed by atoms with Crippen molar-refractivity contribution < 1.29 is 9.59 Å². The summed E-state index contributed by atoms with van der Waals surface area (Å²) in [6.07, 6.45) is 2.45. The van der Waals surface area contributed by atoms with Crippen LogP contribution in [0.1, 0.15) is 33.1 Å². The van der Waals surface area contributed by atoms with E-state index in [4.69, 9.17) is 5.73 Å². The Labute approximate surface area is 78.9 Å². The summed E-state index contributed by atoms with van der Waals surface area (Å²) < 4.78 is 0. The second kappa shape index (κ2) is 6.60. The lowest BCUT2D eigenvalue weighted by Gasteiger charge is -2.08. The molecule has 1 atom stereocenters. The molecule has 4 nitrogen and oxygen atoms in total. The standard InChI is InChI=1S/C9H18N2O2/c1-3-5-6-7(10)8(12)9(13)11-4-2/h7H,3-6,10H2,1-2H3,(H,11,13). The molecule has 0 bridgehead atoms.